The van der Waals surface area contributed by atoms with Gasteiger partial charge in [-0.2, -0.15) is 0 Å². The topological polar surface area (TPSA) is 66.4 Å². The summed E-state index contributed by atoms with van der Waals surface area (Å²) in [5.74, 6) is -0.854. The second-order valence-corrected chi connectivity index (χ2v) is 5.63. The van der Waals surface area contributed by atoms with Gasteiger partial charge in [-0.3, -0.25) is 4.79 Å². The quantitative estimate of drug-likeness (QED) is 0.884. The Hall–Kier alpha value is -1.55. The lowest BCUT2D eigenvalue weighted by atomic mass is 9.87. The first-order valence-corrected chi connectivity index (χ1v) is 7.27. The van der Waals surface area contributed by atoms with E-state index in [1.165, 1.54) is 25.3 Å². The van der Waals surface area contributed by atoms with Gasteiger partial charge in [0.05, 0.1) is 16.3 Å². The van der Waals surface area contributed by atoms with Crippen LogP contribution < -0.4 is 5.32 Å². The van der Waals surface area contributed by atoms with Gasteiger partial charge < -0.3 is 10.4 Å². The molecule has 2 N–H and O–H groups in total. The number of hydrogen-bond donors (Lipinski definition) is 2. The second-order valence-electron chi connectivity index (χ2n) is 5.22. The fourth-order valence-corrected chi connectivity index (χ4v) is 2.90. The van der Waals surface area contributed by atoms with Crippen molar-refractivity contribution in [1.82, 2.24) is 0 Å². The number of aromatic carboxylic acids is 1. The normalized spacial score (nSPS) is 15.8. The highest BCUT2D eigenvalue weighted by Gasteiger charge is 2.20. The van der Waals surface area contributed by atoms with E-state index in [0.717, 1.165) is 12.8 Å². The third-order valence-electron chi connectivity index (χ3n) is 3.71. The van der Waals surface area contributed by atoms with E-state index in [2.05, 4.69) is 5.32 Å². The molecule has 2 rings (SSSR count). The molecular formula is C15H18ClNO3. The number of nitrogens with one attached hydrogen (secondary N) is 1. The van der Waals surface area contributed by atoms with E-state index in [1.807, 2.05) is 0 Å². The number of halogens is 1. The number of carboxylic acids is 1. The molecule has 1 fully saturated rings. The Bertz CT molecular complexity index is 510. The predicted molar refractivity (Wildman–Crippen MR) is 78.2 cm³/mol. The Balaban J connectivity index is 2.05. The lowest BCUT2D eigenvalue weighted by molar-refractivity contribution is -0.117. The number of amides is 1. The summed E-state index contributed by atoms with van der Waals surface area (Å²) >= 11 is 5.98. The largest absolute Gasteiger partial charge is 0.478 e. The minimum absolute atomic E-state index is 0.0227. The molecule has 1 aromatic carbocycles. The Morgan fingerprint density at radius 1 is 1.25 bits per heavy atom. The molecule has 20 heavy (non-hydrogen) atoms. The Morgan fingerprint density at radius 2 is 1.95 bits per heavy atom. The number of carboxylic acid groups (broad SMARTS) is 1. The van der Waals surface area contributed by atoms with Gasteiger partial charge in [-0.15, -0.1) is 0 Å². The van der Waals surface area contributed by atoms with E-state index in [1.54, 1.807) is 12.1 Å². The van der Waals surface area contributed by atoms with E-state index in [0.29, 0.717) is 12.3 Å². The summed E-state index contributed by atoms with van der Waals surface area (Å²) in [7, 11) is 0. The highest BCUT2D eigenvalue weighted by atomic mass is 35.5. The number of carbonyl (C=O) groups excluding carboxylic acids is 1. The minimum Gasteiger partial charge on any atom is -0.478 e. The van der Waals surface area contributed by atoms with Crippen molar-refractivity contribution < 1.29 is 14.7 Å². The average molecular weight is 296 g/mol. The van der Waals surface area contributed by atoms with E-state index in [4.69, 9.17) is 16.7 Å². The molecule has 0 bridgehead atoms. The molecule has 1 aliphatic rings. The van der Waals surface area contributed by atoms with Crippen molar-refractivity contribution in [2.45, 2.75) is 38.5 Å². The molecule has 0 aromatic heterocycles. The molecule has 1 amide bonds. The average Bonchev–Trinajstić information content (AvgIpc) is 2.42. The smallest absolute Gasteiger partial charge is 0.337 e. The van der Waals surface area contributed by atoms with Crippen LogP contribution in [-0.4, -0.2) is 17.0 Å². The second kappa shape index (κ2) is 6.75. The van der Waals surface area contributed by atoms with E-state index in [-0.39, 0.29) is 22.2 Å². The first-order chi connectivity index (χ1) is 9.58. The van der Waals surface area contributed by atoms with Crippen LogP contribution in [0.4, 0.5) is 5.69 Å². The van der Waals surface area contributed by atoms with Crippen LogP contribution in [0, 0.1) is 5.92 Å². The zero-order chi connectivity index (χ0) is 14.5. The summed E-state index contributed by atoms with van der Waals surface area (Å²) in [6, 6.07) is 4.57. The van der Waals surface area contributed by atoms with E-state index >= 15 is 0 Å². The first kappa shape index (κ1) is 14.9. The summed E-state index contributed by atoms with van der Waals surface area (Å²) in [5, 5.41) is 12.0. The summed E-state index contributed by atoms with van der Waals surface area (Å²) < 4.78 is 0. The minimum atomic E-state index is -1.10. The van der Waals surface area contributed by atoms with Gasteiger partial charge in [0.15, 0.2) is 0 Å². The summed E-state index contributed by atoms with van der Waals surface area (Å²) in [5.41, 5.74) is 0.219. The number of carbonyl (C=O) groups is 2. The lowest BCUT2D eigenvalue weighted by Gasteiger charge is -2.21. The molecule has 0 unspecified atom stereocenters. The third kappa shape index (κ3) is 3.73. The van der Waals surface area contributed by atoms with Gasteiger partial charge in [0.1, 0.15) is 0 Å². The molecule has 0 spiro atoms. The maximum absolute atomic E-state index is 12.0. The van der Waals surface area contributed by atoms with Gasteiger partial charge >= 0.3 is 5.97 Å². The van der Waals surface area contributed by atoms with Crippen LogP contribution in [0.3, 0.4) is 0 Å². The van der Waals surface area contributed by atoms with Crippen LogP contribution in [0.5, 0.6) is 0 Å². The predicted octanol–water partition coefficient (Wildman–Crippen LogP) is 3.95. The number of hydrogen-bond acceptors (Lipinski definition) is 2. The van der Waals surface area contributed by atoms with E-state index in [9.17, 15) is 9.59 Å². The van der Waals surface area contributed by atoms with Crippen LogP contribution in [0.25, 0.3) is 0 Å². The SMILES string of the molecule is O=C(CC1CCCCC1)Nc1c(Cl)cccc1C(=O)O. The van der Waals surface area contributed by atoms with Crippen molar-refractivity contribution in [2.75, 3.05) is 5.32 Å². The Kier molecular flexibility index (Phi) is 5.01. The zero-order valence-electron chi connectivity index (χ0n) is 11.2. The molecule has 4 nitrogen and oxygen atoms in total. The first-order valence-electron chi connectivity index (χ1n) is 6.89. The molecule has 1 aliphatic carbocycles. The highest BCUT2D eigenvalue weighted by molar-refractivity contribution is 6.34. The van der Waals surface area contributed by atoms with Gasteiger partial charge in [-0.25, -0.2) is 4.79 Å². The molecule has 1 saturated carbocycles. The van der Waals surface area contributed by atoms with Crippen molar-refractivity contribution >= 4 is 29.2 Å². The molecular weight excluding hydrogens is 278 g/mol. The van der Waals surface area contributed by atoms with Gasteiger partial charge in [0, 0.05) is 6.42 Å². The van der Waals surface area contributed by atoms with Gasteiger partial charge in [0.2, 0.25) is 5.91 Å². The molecule has 0 aliphatic heterocycles. The molecule has 0 radical (unpaired) electrons. The van der Waals surface area contributed by atoms with Gasteiger partial charge in [-0.1, -0.05) is 36.9 Å². The Morgan fingerprint density at radius 3 is 2.60 bits per heavy atom. The van der Waals surface area contributed by atoms with Crippen molar-refractivity contribution in [3.63, 3.8) is 0 Å². The molecule has 5 heteroatoms. The monoisotopic (exact) mass is 295 g/mol. The molecule has 0 heterocycles. The molecule has 0 atom stereocenters. The number of benzene rings is 1. The van der Waals surface area contributed by atoms with Crippen molar-refractivity contribution in [2.24, 2.45) is 5.92 Å². The van der Waals surface area contributed by atoms with E-state index < -0.39 is 5.97 Å². The molecule has 0 saturated heterocycles. The van der Waals surface area contributed by atoms with Gasteiger partial charge in [0.25, 0.3) is 0 Å². The van der Waals surface area contributed by atoms with Crippen molar-refractivity contribution in [3.05, 3.63) is 28.8 Å². The van der Waals surface area contributed by atoms with Crippen LogP contribution in [0.2, 0.25) is 5.02 Å². The fraction of sp³-hybridized carbons (Fsp3) is 0.467. The maximum atomic E-state index is 12.0. The Labute approximate surface area is 123 Å². The zero-order valence-corrected chi connectivity index (χ0v) is 11.9. The number of anilines is 1. The van der Waals surface area contributed by atoms with Crippen LogP contribution >= 0.6 is 11.6 Å². The van der Waals surface area contributed by atoms with Crippen molar-refractivity contribution in [3.8, 4) is 0 Å². The molecule has 108 valence electrons. The number of para-hydroxylation sites is 1. The van der Waals surface area contributed by atoms with Crippen LogP contribution in [0.1, 0.15) is 48.9 Å². The summed E-state index contributed by atoms with van der Waals surface area (Å²) in [6.45, 7) is 0. The van der Waals surface area contributed by atoms with Crippen molar-refractivity contribution in [1.29, 1.82) is 0 Å². The van der Waals surface area contributed by atoms with Crippen LogP contribution in [0.15, 0.2) is 18.2 Å². The lowest BCUT2D eigenvalue weighted by Crippen LogP contribution is -2.20. The third-order valence-corrected chi connectivity index (χ3v) is 4.02. The highest BCUT2D eigenvalue weighted by Crippen LogP contribution is 2.29. The maximum Gasteiger partial charge on any atom is 0.337 e. The standard InChI is InChI=1S/C15H18ClNO3/c16-12-8-4-7-11(15(19)20)14(12)17-13(18)9-10-5-2-1-3-6-10/h4,7-8,10H,1-3,5-6,9H2,(H,17,18)(H,19,20). The fourth-order valence-electron chi connectivity index (χ4n) is 2.67. The summed E-state index contributed by atoms with van der Waals surface area (Å²) in [6.07, 6.45) is 6.16. The van der Waals surface area contributed by atoms with Gasteiger partial charge in [-0.05, 0) is 30.9 Å². The summed E-state index contributed by atoms with van der Waals surface area (Å²) in [4.78, 5) is 23.2. The number of rotatable bonds is 4. The van der Waals surface area contributed by atoms with Crippen LogP contribution in [-0.2, 0) is 4.79 Å². The molecule has 1 aromatic rings.